The second-order valence-electron chi connectivity index (χ2n) is 3.41. The number of carbonyl (C=O) groups excluding carboxylic acids is 1. The molecule has 1 atom stereocenters. The van der Waals surface area contributed by atoms with Gasteiger partial charge in [-0.05, 0) is 19.4 Å². The second kappa shape index (κ2) is 6.40. The van der Waals surface area contributed by atoms with Crippen molar-refractivity contribution in [2.24, 2.45) is 0 Å². The van der Waals surface area contributed by atoms with E-state index in [0.717, 1.165) is 16.3 Å². The van der Waals surface area contributed by atoms with Gasteiger partial charge in [0.2, 0.25) is 5.91 Å². The van der Waals surface area contributed by atoms with Gasteiger partial charge in [-0.15, -0.1) is 11.3 Å². The average Bonchev–Trinajstić information content (AvgIpc) is 2.69. The summed E-state index contributed by atoms with van der Waals surface area (Å²) in [5.41, 5.74) is 0. The summed E-state index contributed by atoms with van der Waals surface area (Å²) in [5.74, 6) is -0.188. The Labute approximate surface area is 99.0 Å². The number of aliphatic hydroxyl groups is 1. The van der Waals surface area contributed by atoms with Crippen molar-refractivity contribution in [3.05, 3.63) is 22.2 Å². The number of carbonyl (C=O) groups is 1. The van der Waals surface area contributed by atoms with E-state index in [1.54, 1.807) is 12.3 Å². The van der Waals surface area contributed by atoms with Crippen LogP contribution in [0.25, 0.3) is 6.08 Å². The summed E-state index contributed by atoms with van der Waals surface area (Å²) < 4.78 is 0. The zero-order chi connectivity index (χ0) is 12.0. The second-order valence-corrected chi connectivity index (χ2v) is 4.68. The molecule has 0 fully saturated rings. The fourth-order valence-electron chi connectivity index (χ4n) is 1.14. The molecule has 0 aliphatic carbocycles. The normalized spacial score (nSPS) is 12.9. The van der Waals surface area contributed by atoms with Crippen LogP contribution >= 0.6 is 11.3 Å². The van der Waals surface area contributed by atoms with Crippen molar-refractivity contribution in [3.8, 4) is 0 Å². The van der Waals surface area contributed by atoms with Gasteiger partial charge in [0.15, 0.2) is 0 Å². The van der Waals surface area contributed by atoms with Crippen LogP contribution in [0.1, 0.15) is 23.2 Å². The minimum Gasteiger partial charge on any atom is -0.394 e. The van der Waals surface area contributed by atoms with E-state index < -0.39 is 0 Å². The lowest BCUT2D eigenvalue weighted by atomic mass is 10.2. The molecule has 5 heteroatoms. The first-order chi connectivity index (χ1) is 7.65. The maximum absolute atomic E-state index is 11.4. The molecular weight excluding hydrogens is 224 g/mol. The Kier molecular flexibility index (Phi) is 5.14. The number of amides is 1. The van der Waals surface area contributed by atoms with Crippen LogP contribution in [0, 0.1) is 6.92 Å². The number of hydrogen-bond acceptors (Lipinski definition) is 4. The molecule has 4 nitrogen and oxygen atoms in total. The molecule has 1 unspecified atom stereocenters. The van der Waals surface area contributed by atoms with Crippen LogP contribution in [0.5, 0.6) is 0 Å². The molecule has 1 amide bonds. The third-order valence-corrected chi connectivity index (χ3v) is 2.98. The molecular formula is C11H16N2O2S. The van der Waals surface area contributed by atoms with E-state index in [2.05, 4.69) is 10.3 Å². The van der Waals surface area contributed by atoms with Crippen LogP contribution in [0.15, 0.2) is 12.3 Å². The predicted molar refractivity (Wildman–Crippen MR) is 65.2 cm³/mol. The third-order valence-electron chi connectivity index (χ3n) is 2.10. The Bertz CT molecular complexity index is 370. The fourth-order valence-corrected chi connectivity index (χ4v) is 1.83. The van der Waals surface area contributed by atoms with Gasteiger partial charge in [0.05, 0.1) is 17.7 Å². The minimum atomic E-state index is -0.188. The zero-order valence-corrected chi connectivity index (χ0v) is 10.3. The molecule has 0 spiro atoms. The molecule has 0 aromatic carbocycles. The topological polar surface area (TPSA) is 62.2 Å². The Balaban J connectivity index is 2.48. The molecule has 1 aromatic heterocycles. The van der Waals surface area contributed by atoms with E-state index >= 15 is 0 Å². The van der Waals surface area contributed by atoms with Crippen molar-refractivity contribution in [2.75, 3.05) is 6.61 Å². The molecule has 0 radical (unpaired) electrons. The van der Waals surface area contributed by atoms with E-state index in [0.29, 0.717) is 0 Å². The molecule has 2 N–H and O–H groups in total. The van der Waals surface area contributed by atoms with E-state index in [9.17, 15) is 4.79 Å². The maximum atomic E-state index is 11.4. The van der Waals surface area contributed by atoms with Gasteiger partial charge in [0.1, 0.15) is 0 Å². The first-order valence-corrected chi connectivity index (χ1v) is 5.99. The molecule has 1 aromatic rings. The summed E-state index contributed by atoms with van der Waals surface area (Å²) in [6.45, 7) is 3.80. The first-order valence-electron chi connectivity index (χ1n) is 5.17. The molecule has 88 valence electrons. The van der Waals surface area contributed by atoms with Crippen LogP contribution in [0.3, 0.4) is 0 Å². The summed E-state index contributed by atoms with van der Waals surface area (Å²) in [6.07, 6.45) is 5.64. The number of thiazole rings is 1. The zero-order valence-electron chi connectivity index (χ0n) is 9.43. The molecule has 0 saturated carbocycles. The number of nitrogens with zero attached hydrogens (tertiary/aromatic N) is 1. The summed E-state index contributed by atoms with van der Waals surface area (Å²) in [6, 6.07) is -0.166. The van der Waals surface area contributed by atoms with Crippen LogP contribution in [0.2, 0.25) is 0 Å². The summed E-state index contributed by atoms with van der Waals surface area (Å²) >= 11 is 1.53. The fraction of sp³-hybridized carbons (Fsp3) is 0.455. The van der Waals surface area contributed by atoms with Gasteiger partial charge in [0, 0.05) is 17.2 Å². The molecule has 0 bridgehead atoms. The number of hydrogen-bond donors (Lipinski definition) is 2. The summed E-state index contributed by atoms with van der Waals surface area (Å²) in [4.78, 5) is 16.5. The van der Waals surface area contributed by atoms with Gasteiger partial charge < -0.3 is 10.4 Å². The minimum absolute atomic E-state index is 0.0320. The first kappa shape index (κ1) is 12.9. The van der Waals surface area contributed by atoms with E-state index in [4.69, 9.17) is 5.11 Å². The lowest BCUT2D eigenvalue weighted by Crippen LogP contribution is -2.35. The Morgan fingerprint density at radius 1 is 1.75 bits per heavy atom. The monoisotopic (exact) mass is 240 g/mol. The summed E-state index contributed by atoms with van der Waals surface area (Å²) in [5, 5.41) is 12.6. The summed E-state index contributed by atoms with van der Waals surface area (Å²) in [7, 11) is 0. The molecule has 0 aliphatic rings. The molecule has 0 saturated heterocycles. The van der Waals surface area contributed by atoms with Crippen LogP contribution in [-0.4, -0.2) is 28.6 Å². The largest absolute Gasteiger partial charge is 0.394 e. The number of aliphatic hydroxyl groups excluding tert-OH is 1. The van der Waals surface area contributed by atoms with Gasteiger partial charge in [-0.2, -0.15) is 0 Å². The SMILES string of the molecule is CCC(CO)NC(=O)/C=C/c1cnc(C)s1. The van der Waals surface area contributed by atoms with Gasteiger partial charge in [-0.3, -0.25) is 4.79 Å². The van der Waals surface area contributed by atoms with E-state index in [1.165, 1.54) is 17.4 Å². The lowest BCUT2D eigenvalue weighted by Gasteiger charge is -2.11. The van der Waals surface area contributed by atoms with Crippen molar-refractivity contribution in [1.82, 2.24) is 10.3 Å². The van der Waals surface area contributed by atoms with Crippen molar-refractivity contribution in [1.29, 1.82) is 0 Å². The standard InChI is InChI=1S/C11H16N2O2S/c1-3-9(7-14)13-11(15)5-4-10-6-12-8(2)16-10/h4-6,9,14H,3,7H2,1-2H3,(H,13,15)/b5-4+. The smallest absolute Gasteiger partial charge is 0.244 e. The quantitative estimate of drug-likeness (QED) is 0.764. The highest BCUT2D eigenvalue weighted by Gasteiger charge is 2.05. The highest BCUT2D eigenvalue weighted by atomic mass is 32.1. The molecule has 16 heavy (non-hydrogen) atoms. The van der Waals surface area contributed by atoms with Gasteiger partial charge in [-0.1, -0.05) is 6.92 Å². The van der Waals surface area contributed by atoms with E-state index in [-0.39, 0.29) is 18.6 Å². The third kappa shape index (κ3) is 4.12. The Morgan fingerprint density at radius 3 is 3.00 bits per heavy atom. The number of aromatic nitrogens is 1. The maximum Gasteiger partial charge on any atom is 0.244 e. The number of nitrogens with one attached hydrogen (secondary N) is 1. The van der Waals surface area contributed by atoms with Crippen LogP contribution < -0.4 is 5.32 Å². The van der Waals surface area contributed by atoms with E-state index in [1.807, 2.05) is 13.8 Å². The van der Waals surface area contributed by atoms with Crippen LogP contribution in [0.4, 0.5) is 0 Å². The van der Waals surface area contributed by atoms with Crippen molar-refractivity contribution < 1.29 is 9.90 Å². The molecule has 1 rings (SSSR count). The van der Waals surface area contributed by atoms with Crippen molar-refractivity contribution >= 4 is 23.3 Å². The predicted octanol–water partition coefficient (Wildman–Crippen LogP) is 1.35. The Hall–Kier alpha value is -1.20. The number of aryl methyl sites for hydroxylation is 1. The number of rotatable bonds is 5. The highest BCUT2D eigenvalue weighted by Crippen LogP contribution is 2.12. The molecule has 0 aliphatic heterocycles. The van der Waals surface area contributed by atoms with Gasteiger partial charge >= 0.3 is 0 Å². The van der Waals surface area contributed by atoms with Gasteiger partial charge in [-0.25, -0.2) is 4.98 Å². The van der Waals surface area contributed by atoms with Crippen molar-refractivity contribution in [2.45, 2.75) is 26.3 Å². The van der Waals surface area contributed by atoms with Crippen molar-refractivity contribution in [3.63, 3.8) is 0 Å². The highest BCUT2D eigenvalue weighted by molar-refractivity contribution is 7.12. The average molecular weight is 240 g/mol. The lowest BCUT2D eigenvalue weighted by molar-refractivity contribution is -0.117. The Morgan fingerprint density at radius 2 is 2.50 bits per heavy atom. The van der Waals surface area contributed by atoms with Crippen LogP contribution in [-0.2, 0) is 4.79 Å². The molecule has 1 heterocycles. The van der Waals surface area contributed by atoms with Gasteiger partial charge in [0.25, 0.3) is 0 Å².